The lowest BCUT2D eigenvalue weighted by molar-refractivity contribution is -0.136. The summed E-state index contributed by atoms with van der Waals surface area (Å²) in [5.41, 5.74) is -1.88. The highest BCUT2D eigenvalue weighted by Crippen LogP contribution is 2.37. The van der Waals surface area contributed by atoms with Crippen LogP contribution in [0.5, 0.6) is 0 Å². The second-order valence-corrected chi connectivity index (χ2v) is 6.04. The van der Waals surface area contributed by atoms with Crippen LogP contribution in [0.25, 0.3) is 0 Å². The fourth-order valence-electron chi connectivity index (χ4n) is 1.15. The molecule has 19 heavy (non-hydrogen) atoms. The molecule has 1 unspecified atom stereocenters. The van der Waals surface area contributed by atoms with E-state index in [0.29, 0.717) is 6.07 Å². The van der Waals surface area contributed by atoms with Gasteiger partial charge >= 0.3 is 6.18 Å². The number of alkyl halides is 3. The number of nitrogens with one attached hydrogen (secondary N) is 1. The molecule has 0 fully saturated rings. The van der Waals surface area contributed by atoms with Crippen LogP contribution in [0.3, 0.4) is 0 Å². The van der Waals surface area contributed by atoms with Gasteiger partial charge in [0.25, 0.3) is 0 Å². The molecule has 0 radical (unpaired) electrons. The maximum absolute atomic E-state index is 12.7. The van der Waals surface area contributed by atoms with Gasteiger partial charge in [0, 0.05) is 5.02 Å². The van der Waals surface area contributed by atoms with E-state index in [4.69, 9.17) is 16.9 Å². The highest BCUT2D eigenvalue weighted by atomic mass is 35.5. The summed E-state index contributed by atoms with van der Waals surface area (Å²) < 4.78 is 63.0. The third-order valence-electron chi connectivity index (χ3n) is 2.19. The van der Waals surface area contributed by atoms with Crippen LogP contribution in [0.1, 0.15) is 12.5 Å². The van der Waals surface area contributed by atoms with E-state index in [1.165, 1.54) is 6.07 Å². The van der Waals surface area contributed by atoms with Crippen LogP contribution in [-0.4, -0.2) is 13.7 Å². The minimum atomic E-state index is -4.77. The Morgan fingerprint density at radius 3 is 2.47 bits per heavy atom. The molecular weight excluding hydrogens is 305 g/mol. The topological polar surface area (TPSA) is 70.0 Å². The fourth-order valence-corrected chi connectivity index (χ4v) is 2.12. The molecule has 9 heteroatoms. The van der Waals surface area contributed by atoms with Crippen LogP contribution in [0.15, 0.2) is 18.2 Å². The largest absolute Gasteiger partial charge is 0.418 e. The fraction of sp³-hybridized carbons (Fsp3) is 0.300. The molecule has 0 saturated carbocycles. The predicted molar refractivity (Wildman–Crippen MR) is 64.1 cm³/mol. The Kier molecular flexibility index (Phi) is 4.32. The van der Waals surface area contributed by atoms with Gasteiger partial charge in [0.15, 0.2) is 5.25 Å². The Bertz CT molecular complexity index is 623. The molecule has 0 heterocycles. The van der Waals surface area contributed by atoms with Crippen LogP contribution < -0.4 is 4.72 Å². The van der Waals surface area contributed by atoms with Crippen LogP contribution in [0, 0.1) is 11.3 Å². The summed E-state index contributed by atoms with van der Waals surface area (Å²) in [4.78, 5) is 0. The molecule has 0 aliphatic carbocycles. The number of hydrogen-bond donors (Lipinski definition) is 1. The minimum absolute atomic E-state index is 0.177. The van der Waals surface area contributed by atoms with Gasteiger partial charge in [0.05, 0.1) is 17.3 Å². The molecule has 4 nitrogen and oxygen atoms in total. The van der Waals surface area contributed by atoms with Gasteiger partial charge in [0.2, 0.25) is 10.0 Å². The Labute approximate surface area is 112 Å². The molecule has 1 aromatic carbocycles. The monoisotopic (exact) mass is 312 g/mol. The zero-order valence-electron chi connectivity index (χ0n) is 9.49. The number of halogens is 4. The number of sulfonamides is 1. The maximum atomic E-state index is 12.7. The smallest absolute Gasteiger partial charge is 0.282 e. The lowest BCUT2D eigenvalue weighted by Gasteiger charge is -2.15. The second kappa shape index (κ2) is 5.27. The highest BCUT2D eigenvalue weighted by molar-refractivity contribution is 7.93. The van der Waals surface area contributed by atoms with Gasteiger partial charge in [-0.05, 0) is 25.1 Å². The molecule has 1 atom stereocenters. The summed E-state index contributed by atoms with van der Waals surface area (Å²) in [6.45, 7) is 1.06. The molecule has 1 aromatic rings. The number of rotatable bonds is 3. The third-order valence-corrected chi connectivity index (χ3v) is 3.96. The van der Waals surface area contributed by atoms with Crippen molar-refractivity contribution in [2.24, 2.45) is 0 Å². The van der Waals surface area contributed by atoms with E-state index < -0.39 is 32.7 Å². The molecule has 0 bridgehead atoms. The van der Waals surface area contributed by atoms with Gasteiger partial charge in [-0.2, -0.15) is 18.4 Å². The number of hydrogen-bond acceptors (Lipinski definition) is 3. The SMILES string of the molecule is CC(C#N)S(=O)(=O)Nc1ccc(Cl)cc1C(F)(F)F. The molecule has 0 saturated heterocycles. The molecule has 1 rings (SSSR count). The Balaban J connectivity index is 3.28. The van der Waals surface area contributed by atoms with Crippen molar-refractivity contribution in [1.82, 2.24) is 0 Å². The first-order valence-corrected chi connectivity index (χ1v) is 6.78. The average molecular weight is 313 g/mol. The molecule has 0 aliphatic heterocycles. The minimum Gasteiger partial charge on any atom is -0.282 e. The van der Waals surface area contributed by atoms with Crippen molar-refractivity contribution in [3.05, 3.63) is 28.8 Å². The normalized spacial score (nSPS) is 13.7. The van der Waals surface area contributed by atoms with E-state index in [1.54, 1.807) is 4.72 Å². The van der Waals surface area contributed by atoms with Crippen molar-refractivity contribution >= 4 is 27.3 Å². The molecule has 0 aliphatic rings. The molecule has 1 N–H and O–H groups in total. The van der Waals surface area contributed by atoms with E-state index in [9.17, 15) is 21.6 Å². The number of nitriles is 1. The van der Waals surface area contributed by atoms with Crippen molar-refractivity contribution in [2.75, 3.05) is 4.72 Å². The average Bonchev–Trinajstić information content (AvgIpc) is 2.28. The second-order valence-electron chi connectivity index (χ2n) is 3.61. The maximum Gasteiger partial charge on any atom is 0.418 e. The van der Waals surface area contributed by atoms with Crippen molar-refractivity contribution in [2.45, 2.75) is 18.3 Å². The third kappa shape index (κ3) is 3.75. The van der Waals surface area contributed by atoms with Gasteiger partial charge < -0.3 is 0 Å². The lowest BCUT2D eigenvalue weighted by atomic mass is 10.2. The van der Waals surface area contributed by atoms with Crippen LogP contribution >= 0.6 is 11.6 Å². The summed E-state index contributed by atoms with van der Waals surface area (Å²) >= 11 is 5.45. The van der Waals surface area contributed by atoms with Crippen molar-refractivity contribution in [3.63, 3.8) is 0 Å². The summed E-state index contributed by atoms with van der Waals surface area (Å²) in [5, 5.41) is 6.85. The summed E-state index contributed by atoms with van der Waals surface area (Å²) in [6, 6.07) is 4.06. The van der Waals surface area contributed by atoms with Crippen LogP contribution in [0.4, 0.5) is 18.9 Å². The Hall–Kier alpha value is -1.46. The molecule has 0 aromatic heterocycles. The summed E-state index contributed by atoms with van der Waals surface area (Å²) in [7, 11) is -4.21. The Morgan fingerprint density at radius 2 is 2.00 bits per heavy atom. The van der Waals surface area contributed by atoms with Gasteiger partial charge in [-0.3, -0.25) is 4.72 Å². The van der Waals surface area contributed by atoms with E-state index in [-0.39, 0.29) is 5.02 Å². The standard InChI is InChI=1S/C10H8ClF3N2O2S/c1-6(5-15)19(17,18)16-9-3-2-7(11)4-8(9)10(12,13)14/h2-4,6,16H,1H3. The molecule has 104 valence electrons. The van der Waals surface area contributed by atoms with E-state index in [1.807, 2.05) is 0 Å². The van der Waals surface area contributed by atoms with Crippen LogP contribution in [0.2, 0.25) is 5.02 Å². The van der Waals surface area contributed by atoms with Gasteiger partial charge in [0.1, 0.15) is 0 Å². The summed E-state index contributed by atoms with van der Waals surface area (Å²) in [6.07, 6.45) is -4.77. The van der Waals surface area contributed by atoms with E-state index in [2.05, 4.69) is 0 Å². The number of benzene rings is 1. The van der Waals surface area contributed by atoms with Crippen molar-refractivity contribution in [3.8, 4) is 6.07 Å². The van der Waals surface area contributed by atoms with E-state index >= 15 is 0 Å². The molecular formula is C10H8ClF3N2O2S. The van der Waals surface area contributed by atoms with Crippen LogP contribution in [-0.2, 0) is 16.2 Å². The van der Waals surface area contributed by atoms with Crippen molar-refractivity contribution in [1.29, 1.82) is 5.26 Å². The highest BCUT2D eigenvalue weighted by Gasteiger charge is 2.35. The first-order valence-electron chi connectivity index (χ1n) is 4.86. The Morgan fingerprint density at radius 1 is 1.42 bits per heavy atom. The zero-order valence-corrected chi connectivity index (χ0v) is 11.1. The first-order chi connectivity index (χ1) is 8.58. The predicted octanol–water partition coefficient (Wildman–Crippen LogP) is 3.01. The quantitative estimate of drug-likeness (QED) is 0.932. The number of anilines is 1. The lowest BCUT2D eigenvalue weighted by Crippen LogP contribution is -2.25. The zero-order chi connectivity index (χ0) is 14.8. The van der Waals surface area contributed by atoms with Gasteiger partial charge in [-0.25, -0.2) is 8.42 Å². The van der Waals surface area contributed by atoms with Crippen molar-refractivity contribution < 1.29 is 21.6 Å². The van der Waals surface area contributed by atoms with Gasteiger partial charge in [-0.1, -0.05) is 11.6 Å². The molecule has 0 spiro atoms. The molecule has 0 amide bonds. The number of nitrogens with zero attached hydrogens (tertiary/aromatic N) is 1. The van der Waals surface area contributed by atoms with E-state index in [0.717, 1.165) is 19.1 Å². The first kappa shape index (κ1) is 15.6. The van der Waals surface area contributed by atoms with Gasteiger partial charge in [-0.15, -0.1) is 0 Å². The summed E-state index contributed by atoms with van der Waals surface area (Å²) in [5.74, 6) is 0.